The number of nitriles is 1. The molecule has 2 aromatic carbocycles. The molecule has 1 spiro atoms. The number of hydrogen-bond acceptors (Lipinski definition) is 2. The van der Waals surface area contributed by atoms with Gasteiger partial charge in [0.2, 0.25) is 5.92 Å². The zero-order valence-electron chi connectivity index (χ0n) is 20.7. The normalized spacial score (nSPS) is 19.0. The molecule has 2 saturated carbocycles. The smallest absolute Gasteiger partial charge is 0.240 e. The van der Waals surface area contributed by atoms with Gasteiger partial charge in [-0.25, -0.2) is 13.5 Å². The highest BCUT2D eigenvalue weighted by atomic mass is 19.3. The number of hydrogen-bond donors (Lipinski definition) is 0. The summed E-state index contributed by atoms with van der Waals surface area (Å²) in [4.78, 5) is 0. The van der Waals surface area contributed by atoms with Crippen LogP contribution in [0.4, 0.5) is 8.78 Å². The summed E-state index contributed by atoms with van der Waals surface area (Å²) in [5, 5.41) is 14.7. The Hall–Kier alpha value is -2.74. The number of halogens is 2. The van der Waals surface area contributed by atoms with Gasteiger partial charge in [-0.1, -0.05) is 45.9 Å². The van der Waals surface area contributed by atoms with Gasteiger partial charge in [-0.05, 0) is 78.7 Å². The van der Waals surface area contributed by atoms with Crippen LogP contribution in [-0.2, 0) is 0 Å². The summed E-state index contributed by atoms with van der Waals surface area (Å²) in [6, 6.07) is 15.9. The molecule has 0 bridgehead atoms. The maximum absolute atomic E-state index is 12.8. The zero-order valence-corrected chi connectivity index (χ0v) is 20.7. The fraction of sp³-hybridized carbons (Fsp3) is 0.517. The van der Waals surface area contributed by atoms with E-state index in [1.165, 1.54) is 18.4 Å². The summed E-state index contributed by atoms with van der Waals surface area (Å²) in [5.74, 6) is -0.365. The lowest BCUT2D eigenvalue weighted by Crippen LogP contribution is -2.48. The first-order valence-electron chi connectivity index (χ1n) is 12.5. The van der Waals surface area contributed by atoms with E-state index in [1.54, 1.807) is 0 Å². The molecule has 0 amide bonds. The Morgan fingerprint density at radius 1 is 1.00 bits per heavy atom. The Labute approximate surface area is 201 Å². The second-order valence-electron chi connectivity index (χ2n) is 11.0. The van der Waals surface area contributed by atoms with Crippen LogP contribution in [-0.4, -0.2) is 15.7 Å². The van der Waals surface area contributed by atoms with Gasteiger partial charge in [-0.3, -0.25) is 0 Å². The fourth-order valence-corrected chi connectivity index (χ4v) is 5.67. The minimum atomic E-state index is -2.33. The van der Waals surface area contributed by atoms with E-state index in [4.69, 9.17) is 10.4 Å². The first kappa shape index (κ1) is 24.4. The largest absolute Gasteiger partial charge is 0.249 e. The van der Waals surface area contributed by atoms with Crippen LogP contribution in [0.1, 0.15) is 83.3 Å². The molecule has 0 aliphatic heterocycles. The van der Waals surface area contributed by atoms with Crippen molar-refractivity contribution >= 4 is 10.9 Å². The van der Waals surface area contributed by atoms with E-state index in [1.807, 2.05) is 35.1 Å². The highest BCUT2D eigenvalue weighted by Crippen LogP contribution is 2.60. The van der Waals surface area contributed by atoms with E-state index in [9.17, 15) is 8.78 Å². The van der Waals surface area contributed by atoms with Crippen molar-refractivity contribution in [3.8, 4) is 11.8 Å². The van der Waals surface area contributed by atoms with Gasteiger partial charge in [0.25, 0.3) is 0 Å². The molecule has 0 unspecified atom stereocenters. The maximum Gasteiger partial charge on any atom is 0.249 e. The van der Waals surface area contributed by atoms with Gasteiger partial charge in [0, 0.05) is 24.4 Å². The van der Waals surface area contributed by atoms with E-state index >= 15 is 0 Å². The molecule has 0 N–H and O–H groups in total. The third-order valence-electron chi connectivity index (χ3n) is 7.75. The summed E-state index contributed by atoms with van der Waals surface area (Å²) in [6.45, 7) is 8.85. The number of aromatic nitrogens is 2. The van der Waals surface area contributed by atoms with Crippen molar-refractivity contribution in [3.05, 3.63) is 59.8 Å². The Balaban J connectivity index is 0.000000172. The van der Waals surface area contributed by atoms with Crippen molar-refractivity contribution in [2.45, 2.75) is 78.1 Å². The fourth-order valence-electron chi connectivity index (χ4n) is 5.67. The van der Waals surface area contributed by atoms with Gasteiger partial charge >= 0.3 is 0 Å². The molecular weight excluding hydrogens is 428 g/mol. The van der Waals surface area contributed by atoms with Crippen molar-refractivity contribution in [1.82, 2.24) is 9.78 Å². The highest BCUT2D eigenvalue weighted by molar-refractivity contribution is 5.82. The van der Waals surface area contributed by atoms with Crippen LogP contribution in [0.3, 0.4) is 0 Å². The highest BCUT2D eigenvalue weighted by Gasteiger charge is 2.56. The Morgan fingerprint density at radius 3 is 2.18 bits per heavy atom. The molecule has 1 heterocycles. The lowest BCUT2D eigenvalue weighted by Gasteiger charge is -2.51. The second kappa shape index (κ2) is 9.49. The average Bonchev–Trinajstić information content (AvgIpc) is 3.23. The number of alkyl halides is 2. The average molecular weight is 464 g/mol. The van der Waals surface area contributed by atoms with Gasteiger partial charge < -0.3 is 0 Å². The van der Waals surface area contributed by atoms with E-state index in [-0.39, 0.29) is 18.3 Å². The summed E-state index contributed by atoms with van der Waals surface area (Å²) in [5.41, 5.74) is 3.99. The zero-order chi connectivity index (χ0) is 24.5. The van der Waals surface area contributed by atoms with Crippen molar-refractivity contribution < 1.29 is 8.78 Å². The predicted octanol–water partition coefficient (Wildman–Crippen LogP) is 8.27. The van der Waals surface area contributed by atoms with E-state index < -0.39 is 5.92 Å². The predicted molar refractivity (Wildman–Crippen MR) is 133 cm³/mol. The second-order valence-corrected chi connectivity index (χ2v) is 11.0. The topological polar surface area (TPSA) is 41.6 Å². The Morgan fingerprint density at radius 2 is 1.65 bits per heavy atom. The number of fused-ring (bicyclic) bond motifs is 1. The molecule has 1 aromatic heterocycles. The first-order chi connectivity index (χ1) is 16.1. The van der Waals surface area contributed by atoms with Crippen molar-refractivity contribution in [2.75, 3.05) is 0 Å². The molecule has 3 nitrogen and oxygen atoms in total. The molecule has 5 heteroatoms. The lowest BCUT2D eigenvalue weighted by atomic mass is 9.56. The number of rotatable bonds is 3. The van der Waals surface area contributed by atoms with Gasteiger partial charge in [-0.2, -0.15) is 10.4 Å². The van der Waals surface area contributed by atoms with Gasteiger partial charge in [-0.15, -0.1) is 0 Å². The minimum absolute atomic E-state index is 0.0505. The van der Waals surface area contributed by atoms with Crippen molar-refractivity contribution in [3.63, 3.8) is 0 Å². The molecule has 0 saturated heterocycles. The molecule has 3 aromatic rings. The molecule has 180 valence electrons. The Kier molecular flexibility index (Phi) is 6.80. The van der Waals surface area contributed by atoms with E-state index in [0.717, 1.165) is 41.3 Å². The van der Waals surface area contributed by atoms with E-state index in [0.29, 0.717) is 11.5 Å². The van der Waals surface area contributed by atoms with Crippen molar-refractivity contribution in [1.29, 1.82) is 5.26 Å². The molecular formula is C29H35F2N3. The molecule has 34 heavy (non-hydrogen) atoms. The van der Waals surface area contributed by atoms with Crippen LogP contribution in [0.5, 0.6) is 0 Å². The lowest BCUT2D eigenvalue weighted by molar-refractivity contribution is -0.177. The van der Waals surface area contributed by atoms with Crippen LogP contribution in [0.25, 0.3) is 16.6 Å². The quantitative estimate of drug-likeness (QED) is 0.392. The summed E-state index contributed by atoms with van der Waals surface area (Å²) in [6.07, 6.45) is 6.82. The summed E-state index contributed by atoms with van der Waals surface area (Å²) in [7, 11) is 0. The van der Waals surface area contributed by atoms with Crippen molar-refractivity contribution in [2.24, 2.45) is 17.3 Å². The number of nitrogens with zero attached hydrogens (tertiary/aromatic N) is 3. The van der Waals surface area contributed by atoms with Crippen LogP contribution in [0.2, 0.25) is 0 Å². The molecule has 2 fully saturated rings. The van der Waals surface area contributed by atoms with Crippen LogP contribution in [0, 0.1) is 28.6 Å². The van der Waals surface area contributed by atoms with Gasteiger partial charge in [0.05, 0.1) is 22.8 Å². The SMILES string of the molecule is CC(C)C1CCC2(CC1)CC(F)(F)C2.CC(C)c1cccc2cn(-c3ccc(C#N)cc3)nc12. The molecule has 2 aliphatic carbocycles. The van der Waals surface area contributed by atoms with Crippen LogP contribution >= 0.6 is 0 Å². The third-order valence-corrected chi connectivity index (χ3v) is 7.75. The van der Waals surface area contributed by atoms with Gasteiger partial charge in [0.15, 0.2) is 0 Å². The minimum Gasteiger partial charge on any atom is -0.240 e. The Bertz CT molecular complexity index is 1150. The summed E-state index contributed by atoms with van der Waals surface area (Å²) < 4.78 is 27.5. The molecule has 0 atom stereocenters. The third kappa shape index (κ3) is 5.17. The monoisotopic (exact) mass is 463 g/mol. The molecule has 2 aliphatic rings. The standard InChI is InChI=1S/C17H15N3.C12H20F2/c1-12(2)16-5-3-4-14-11-20(19-17(14)16)15-8-6-13(10-18)7-9-15;1-9(2)10-3-5-11(6-4-10)7-12(13,14)8-11/h3-9,11-12H,1-2H3;9-10H,3-8H2,1-2H3. The number of benzene rings is 2. The maximum atomic E-state index is 12.8. The molecule has 0 radical (unpaired) electrons. The van der Waals surface area contributed by atoms with E-state index in [2.05, 4.69) is 52.0 Å². The van der Waals surface area contributed by atoms with Crippen LogP contribution in [0.15, 0.2) is 48.7 Å². The molecule has 5 rings (SSSR count). The van der Waals surface area contributed by atoms with Crippen LogP contribution < -0.4 is 0 Å². The first-order valence-corrected chi connectivity index (χ1v) is 12.5. The summed E-state index contributed by atoms with van der Waals surface area (Å²) >= 11 is 0. The van der Waals surface area contributed by atoms with Gasteiger partial charge in [0.1, 0.15) is 0 Å².